The van der Waals surface area contributed by atoms with E-state index in [-0.39, 0.29) is 17.7 Å². The summed E-state index contributed by atoms with van der Waals surface area (Å²) in [4.78, 5) is 11.9. The highest BCUT2D eigenvalue weighted by Crippen LogP contribution is 2.29. The smallest absolute Gasteiger partial charge is 0.322 e. The van der Waals surface area contributed by atoms with Gasteiger partial charge >= 0.3 is 6.01 Å². The Morgan fingerprint density at radius 2 is 2.09 bits per heavy atom. The number of nitrogens with zero attached hydrogens (tertiary/aromatic N) is 3. The Labute approximate surface area is 125 Å². The first-order valence-corrected chi connectivity index (χ1v) is 6.39. The van der Waals surface area contributed by atoms with Gasteiger partial charge in [0.05, 0.1) is 18.4 Å². The number of carbonyl (C=O) groups is 1. The van der Waals surface area contributed by atoms with E-state index in [1.54, 1.807) is 26.2 Å². The fourth-order valence-corrected chi connectivity index (χ4v) is 1.83. The molecule has 1 N–H and O–H groups in total. The van der Waals surface area contributed by atoms with Gasteiger partial charge in [0, 0.05) is 6.07 Å². The molecular weight excluding hydrogens is 288 g/mol. The van der Waals surface area contributed by atoms with Gasteiger partial charge in [-0.05, 0) is 19.1 Å². The van der Waals surface area contributed by atoms with Crippen molar-refractivity contribution in [1.29, 1.82) is 0 Å². The van der Waals surface area contributed by atoms with Crippen LogP contribution in [0, 0.1) is 6.92 Å². The van der Waals surface area contributed by atoms with Gasteiger partial charge in [0.15, 0.2) is 0 Å². The number of para-hydroxylation sites is 1. The molecule has 0 bridgehead atoms. The van der Waals surface area contributed by atoms with E-state index in [1.165, 1.54) is 6.07 Å². The second kappa shape index (κ2) is 5.68. The van der Waals surface area contributed by atoms with E-state index >= 15 is 0 Å². The van der Waals surface area contributed by atoms with Crippen LogP contribution in [0.2, 0.25) is 0 Å². The molecule has 8 nitrogen and oxygen atoms in total. The van der Waals surface area contributed by atoms with Crippen LogP contribution < -0.4 is 10.1 Å². The number of nitrogens with one attached hydrogen (secondary N) is 1. The van der Waals surface area contributed by atoms with Crippen molar-refractivity contribution in [3.05, 3.63) is 41.8 Å². The number of methoxy groups -OCH3 is 1. The van der Waals surface area contributed by atoms with Crippen LogP contribution >= 0.6 is 0 Å². The minimum absolute atomic E-state index is 0.0417. The summed E-state index contributed by atoms with van der Waals surface area (Å²) in [6.45, 7) is 1.72. The minimum atomic E-state index is -0.518. The van der Waals surface area contributed by atoms with E-state index in [1.807, 2.05) is 12.1 Å². The van der Waals surface area contributed by atoms with Gasteiger partial charge in [-0.15, -0.1) is 5.10 Å². The number of aryl methyl sites for hydroxylation is 1. The molecule has 2 heterocycles. The average molecular weight is 300 g/mol. The topological polar surface area (TPSA) is 103 Å². The van der Waals surface area contributed by atoms with Gasteiger partial charge in [-0.3, -0.25) is 10.1 Å². The molecule has 3 aromatic rings. The van der Waals surface area contributed by atoms with Crippen LogP contribution in [0.25, 0.3) is 11.5 Å². The Kier molecular flexibility index (Phi) is 3.57. The van der Waals surface area contributed by atoms with E-state index in [2.05, 4.69) is 20.7 Å². The number of anilines is 1. The van der Waals surface area contributed by atoms with Gasteiger partial charge in [0.1, 0.15) is 5.75 Å². The molecule has 3 rings (SSSR count). The standard InChI is InChI=1S/C14H12N4O4/c1-8-7-11(22-18-8)12(19)15-14-17-16-13(21-14)9-5-3-4-6-10(9)20-2/h3-7H,1-2H3,(H,15,17,19). The van der Waals surface area contributed by atoms with Gasteiger partial charge in [-0.2, -0.15) is 0 Å². The summed E-state index contributed by atoms with van der Waals surface area (Å²) in [5, 5.41) is 13.7. The lowest BCUT2D eigenvalue weighted by Gasteiger charge is -2.03. The zero-order chi connectivity index (χ0) is 15.5. The molecule has 0 aliphatic rings. The summed E-state index contributed by atoms with van der Waals surface area (Å²) >= 11 is 0. The second-order valence-corrected chi connectivity index (χ2v) is 4.40. The Bertz CT molecular complexity index is 809. The molecule has 0 saturated carbocycles. The van der Waals surface area contributed by atoms with Crippen LogP contribution in [0.5, 0.6) is 5.75 Å². The zero-order valence-electron chi connectivity index (χ0n) is 11.9. The number of ether oxygens (including phenoxy) is 1. The number of carbonyl (C=O) groups excluding carboxylic acids is 1. The summed E-state index contributed by atoms with van der Waals surface area (Å²) < 4.78 is 15.5. The summed E-state index contributed by atoms with van der Waals surface area (Å²) in [6.07, 6.45) is 0. The molecule has 0 aliphatic carbocycles. The molecule has 1 amide bonds. The van der Waals surface area contributed by atoms with Gasteiger partial charge in [-0.1, -0.05) is 22.4 Å². The maximum atomic E-state index is 11.9. The van der Waals surface area contributed by atoms with Crippen LogP contribution in [0.4, 0.5) is 6.01 Å². The van der Waals surface area contributed by atoms with Crippen molar-refractivity contribution in [2.24, 2.45) is 0 Å². The first kappa shape index (κ1) is 13.8. The minimum Gasteiger partial charge on any atom is -0.496 e. The maximum Gasteiger partial charge on any atom is 0.322 e. The summed E-state index contributed by atoms with van der Waals surface area (Å²) in [7, 11) is 1.55. The summed E-state index contributed by atoms with van der Waals surface area (Å²) in [5.74, 6) is 0.377. The van der Waals surface area contributed by atoms with Crippen molar-refractivity contribution < 1.29 is 18.5 Å². The van der Waals surface area contributed by atoms with E-state index in [4.69, 9.17) is 13.7 Å². The molecule has 0 unspecified atom stereocenters. The third-order valence-electron chi connectivity index (χ3n) is 2.83. The normalized spacial score (nSPS) is 10.5. The molecule has 0 atom stereocenters. The van der Waals surface area contributed by atoms with Crippen LogP contribution in [0.3, 0.4) is 0 Å². The Morgan fingerprint density at radius 3 is 2.82 bits per heavy atom. The lowest BCUT2D eigenvalue weighted by molar-refractivity contribution is 0.0985. The lowest BCUT2D eigenvalue weighted by Crippen LogP contribution is -2.11. The molecule has 8 heteroatoms. The summed E-state index contributed by atoms with van der Waals surface area (Å²) in [5.41, 5.74) is 1.24. The first-order valence-electron chi connectivity index (χ1n) is 6.39. The number of rotatable bonds is 4. The van der Waals surface area contributed by atoms with E-state index < -0.39 is 5.91 Å². The zero-order valence-corrected chi connectivity index (χ0v) is 11.9. The maximum absolute atomic E-state index is 11.9. The molecule has 2 aromatic heterocycles. The number of hydrogen-bond acceptors (Lipinski definition) is 7. The van der Waals surface area contributed by atoms with Crippen molar-refractivity contribution in [2.75, 3.05) is 12.4 Å². The third kappa shape index (κ3) is 2.66. The van der Waals surface area contributed by atoms with Crippen LogP contribution in [0.15, 0.2) is 39.3 Å². The fraction of sp³-hybridized carbons (Fsp3) is 0.143. The molecule has 0 radical (unpaired) electrons. The monoisotopic (exact) mass is 300 g/mol. The SMILES string of the molecule is COc1ccccc1-c1nnc(NC(=O)c2cc(C)no2)o1. The summed E-state index contributed by atoms with van der Waals surface area (Å²) in [6, 6.07) is 8.66. The van der Waals surface area contributed by atoms with Crippen molar-refractivity contribution in [1.82, 2.24) is 15.4 Å². The number of aromatic nitrogens is 3. The van der Waals surface area contributed by atoms with Crippen molar-refractivity contribution in [3.8, 4) is 17.2 Å². The van der Waals surface area contributed by atoms with Crippen molar-refractivity contribution >= 4 is 11.9 Å². The second-order valence-electron chi connectivity index (χ2n) is 4.40. The van der Waals surface area contributed by atoms with Crippen molar-refractivity contribution in [3.63, 3.8) is 0 Å². The molecule has 112 valence electrons. The fourth-order valence-electron chi connectivity index (χ4n) is 1.83. The van der Waals surface area contributed by atoms with Crippen LogP contribution in [0.1, 0.15) is 16.2 Å². The number of hydrogen-bond donors (Lipinski definition) is 1. The van der Waals surface area contributed by atoms with Gasteiger partial charge in [0.25, 0.3) is 11.8 Å². The predicted octanol–water partition coefficient (Wildman–Crippen LogP) is 2.29. The molecular formula is C14H12N4O4. The molecule has 22 heavy (non-hydrogen) atoms. The van der Waals surface area contributed by atoms with E-state index in [0.717, 1.165) is 0 Å². The van der Waals surface area contributed by atoms with Gasteiger partial charge in [0.2, 0.25) is 5.76 Å². The molecule has 0 fully saturated rings. The average Bonchev–Trinajstić information content (AvgIpc) is 3.16. The highest BCUT2D eigenvalue weighted by molar-refractivity contribution is 6.00. The Hall–Kier alpha value is -3.16. The molecule has 0 aliphatic heterocycles. The Morgan fingerprint density at radius 1 is 1.27 bits per heavy atom. The molecule has 1 aromatic carbocycles. The number of benzene rings is 1. The quantitative estimate of drug-likeness (QED) is 0.788. The van der Waals surface area contributed by atoms with E-state index in [0.29, 0.717) is 17.0 Å². The van der Waals surface area contributed by atoms with Gasteiger partial charge < -0.3 is 13.7 Å². The van der Waals surface area contributed by atoms with Crippen molar-refractivity contribution in [2.45, 2.75) is 6.92 Å². The third-order valence-corrected chi connectivity index (χ3v) is 2.83. The van der Waals surface area contributed by atoms with Crippen LogP contribution in [-0.4, -0.2) is 28.4 Å². The highest BCUT2D eigenvalue weighted by Gasteiger charge is 2.17. The Balaban J connectivity index is 1.80. The molecule has 0 spiro atoms. The van der Waals surface area contributed by atoms with E-state index in [9.17, 15) is 4.79 Å². The van der Waals surface area contributed by atoms with Crippen LogP contribution in [-0.2, 0) is 0 Å². The predicted molar refractivity (Wildman–Crippen MR) is 75.5 cm³/mol. The largest absolute Gasteiger partial charge is 0.496 e. The lowest BCUT2D eigenvalue weighted by atomic mass is 10.2. The molecule has 0 saturated heterocycles. The van der Waals surface area contributed by atoms with Gasteiger partial charge in [-0.25, -0.2) is 0 Å². The highest BCUT2D eigenvalue weighted by atomic mass is 16.5. The first-order chi connectivity index (χ1) is 10.7. The number of amides is 1.